The molecule has 1 aromatic carbocycles. The van der Waals surface area contributed by atoms with Gasteiger partial charge in [0.05, 0.1) is 6.04 Å². The summed E-state index contributed by atoms with van der Waals surface area (Å²) >= 11 is 0. The van der Waals surface area contributed by atoms with Crippen molar-refractivity contribution in [2.75, 3.05) is 13.2 Å². The number of urea groups is 1. The number of hydrogen-bond acceptors (Lipinski definition) is 2. The van der Waals surface area contributed by atoms with Crippen molar-refractivity contribution in [3.05, 3.63) is 35.4 Å². The minimum atomic E-state index is -0.0940. The Morgan fingerprint density at radius 2 is 2.14 bits per heavy atom. The lowest BCUT2D eigenvalue weighted by Gasteiger charge is -2.26. The first kappa shape index (κ1) is 16.8. The zero-order valence-electron chi connectivity index (χ0n) is 13.7. The van der Waals surface area contributed by atoms with Crippen molar-refractivity contribution in [2.45, 2.75) is 52.0 Å². The number of carbonyl (C=O) groups excluding carboxylic acids is 1. The molecule has 3 N–H and O–H groups in total. The van der Waals surface area contributed by atoms with Crippen LogP contribution in [0.2, 0.25) is 0 Å². The Kier molecular flexibility index (Phi) is 5.83. The normalized spacial score (nSPS) is 17.7. The number of amides is 2. The molecule has 4 nitrogen and oxygen atoms in total. The number of nitrogens with one attached hydrogen (secondary N) is 2. The van der Waals surface area contributed by atoms with Crippen LogP contribution in [-0.4, -0.2) is 24.3 Å². The molecule has 2 amide bonds. The van der Waals surface area contributed by atoms with Crippen molar-refractivity contribution in [3.63, 3.8) is 0 Å². The van der Waals surface area contributed by atoms with Crippen molar-refractivity contribution in [1.29, 1.82) is 0 Å². The van der Waals surface area contributed by atoms with Crippen LogP contribution in [0.5, 0.6) is 0 Å². The molecule has 1 unspecified atom stereocenters. The molecule has 122 valence electrons. The standard InChI is InChI=1S/C18H28N2O2/c1-18(2,13-21)11-6-12-19-17(22)20-16-10-5-8-14-7-3-4-9-15(14)16/h3-4,7,9,16,21H,5-6,8,10-13H2,1-2H3,(H2,19,20,22). The van der Waals surface area contributed by atoms with Gasteiger partial charge >= 0.3 is 6.03 Å². The van der Waals surface area contributed by atoms with E-state index < -0.39 is 0 Å². The highest BCUT2D eigenvalue weighted by Crippen LogP contribution is 2.29. The third-order valence-corrected chi connectivity index (χ3v) is 4.42. The Morgan fingerprint density at radius 3 is 2.91 bits per heavy atom. The van der Waals surface area contributed by atoms with Gasteiger partial charge in [-0.25, -0.2) is 4.79 Å². The Morgan fingerprint density at radius 1 is 1.36 bits per heavy atom. The van der Waals surface area contributed by atoms with E-state index in [0.717, 1.165) is 32.1 Å². The zero-order valence-corrected chi connectivity index (χ0v) is 13.7. The van der Waals surface area contributed by atoms with E-state index in [1.807, 2.05) is 19.9 Å². The van der Waals surface area contributed by atoms with Gasteiger partial charge in [-0.1, -0.05) is 38.1 Å². The molecule has 0 saturated heterocycles. The van der Waals surface area contributed by atoms with E-state index in [1.165, 1.54) is 11.1 Å². The van der Waals surface area contributed by atoms with Crippen LogP contribution in [0.3, 0.4) is 0 Å². The Bertz CT molecular complexity index is 500. The van der Waals surface area contributed by atoms with E-state index in [9.17, 15) is 9.90 Å². The molecular formula is C18H28N2O2. The highest BCUT2D eigenvalue weighted by molar-refractivity contribution is 5.74. The molecule has 1 aliphatic carbocycles. The largest absolute Gasteiger partial charge is 0.396 e. The number of rotatable bonds is 6. The average molecular weight is 304 g/mol. The zero-order chi connectivity index (χ0) is 16.0. The topological polar surface area (TPSA) is 61.4 Å². The second-order valence-corrected chi connectivity index (χ2v) is 6.97. The third-order valence-electron chi connectivity index (χ3n) is 4.42. The fourth-order valence-electron chi connectivity index (χ4n) is 2.96. The first-order valence-electron chi connectivity index (χ1n) is 8.25. The summed E-state index contributed by atoms with van der Waals surface area (Å²) in [5, 5.41) is 15.2. The van der Waals surface area contributed by atoms with Crippen LogP contribution in [0.1, 0.15) is 56.7 Å². The minimum Gasteiger partial charge on any atom is -0.396 e. The average Bonchev–Trinajstić information content (AvgIpc) is 2.52. The molecule has 1 atom stereocenters. The summed E-state index contributed by atoms with van der Waals surface area (Å²) in [6.45, 7) is 4.89. The summed E-state index contributed by atoms with van der Waals surface area (Å²) in [4.78, 5) is 12.0. The highest BCUT2D eigenvalue weighted by atomic mass is 16.3. The van der Waals surface area contributed by atoms with Crippen molar-refractivity contribution in [1.82, 2.24) is 10.6 Å². The van der Waals surface area contributed by atoms with E-state index in [4.69, 9.17) is 0 Å². The summed E-state index contributed by atoms with van der Waals surface area (Å²) in [5.74, 6) is 0. The maximum absolute atomic E-state index is 12.0. The molecule has 0 radical (unpaired) electrons. The molecule has 1 aliphatic rings. The lowest BCUT2D eigenvalue weighted by molar-refractivity contribution is 0.148. The summed E-state index contributed by atoms with van der Waals surface area (Å²) in [6, 6.07) is 8.39. The Balaban J connectivity index is 1.76. The van der Waals surface area contributed by atoms with Crippen molar-refractivity contribution in [3.8, 4) is 0 Å². The van der Waals surface area contributed by atoms with Gasteiger partial charge < -0.3 is 15.7 Å². The Labute approximate surface area is 133 Å². The maximum Gasteiger partial charge on any atom is 0.315 e. The van der Waals surface area contributed by atoms with Crippen LogP contribution in [0.15, 0.2) is 24.3 Å². The van der Waals surface area contributed by atoms with Gasteiger partial charge in [-0.05, 0) is 48.6 Å². The molecule has 1 aromatic rings. The van der Waals surface area contributed by atoms with Crippen LogP contribution < -0.4 is 10.6 Å². The van der Waals surface area contributed by atoms with E-state index in [2.05, 4.69) is 28.8 Å². The second-order valence-electron chi connectivity index (χ2n) is 6.97. The SMILES string of the molecule is CC(C)(CO)CCCNC(=O)NC1CCCc2ccccc21. The molecule has 0 aliphatic heterocycles. The number of aliphatic hydroxyl groups excluding tert-OH is 1. The number of aryl methyl sites for hydroxylation is 1. The molecular weight excluding hydrogens is 276 g/mol. The van der Waals surface area contributed by atoms with E-state index in [-0.39, 0.29) is 24.1 Å². The van der Waals surface area contributed by atoms with Crippen LogP contribution >= 0.6 is 0 Å². The summed E-state index contributed by atoms with van der Waals surface area (Å²) in [6.07, 6.45) is 5.00. The molecule has 4 heteroatoms. The first-order valence-corrected chi connectivity index (χ1v) is 8.25. The van der Waals surface area contributed by atoms with Gasteiger partial charge in [0.25, 0.3) is 0 Å². The van der Waals surface area contributed by atoms with Gasteiger partial charge in [0, 0.05) is 13.2 Å². The smallest absolute Gasteiger partial charge is 0.315 e. The second kappa shape index (κ2) is 7.63. The molecule has 0 bridgehead atoms. The van der Waals surface area contributed by atoms with E-state index in [0.29, 0.717) is 6.54 Å². The molecule has 2 rings (SSSR count). The number of fused-ring (bicyclic) bond motifs is 1. The van der Waals surface area contributed by atoms with Gasteiger partial charge in [0.15, 0.2) is 0 Å². The fourth-order valence-corrected chi connectivity index (χ4v) is 2.96. The monoisotopic (exact) mass is 304 g/mol. The van der Waals surface area contributed by atoms with Crippen molar-refractivity contribution in [2.24, 2.45) is 5.41 Å². The number of aliphatic hydroxyl groups is 1. The summed E-state index contributed by atoms with van der Waals surface area (Å²) < 4.78 is 0. The molecule has 0 fully saturated rings. The summed E-state index contributed by atoms with van der Waals surface area (Å²) in [5.41, 5.74) is 2.54. The van der Waals surface area contributed by atoms with E-state index >= 15 is 0 Å². The van der Waals surface area contributed by atoms with Gasteiger partial charge in [-0.2, -0.15) is 0 Å². The summed E-state index contributed by atoms with van der Waals surface area (Å²) in [7, 11) is 0. The predicted octanol–water partition coefficient (Wildman–Crippen LogP) is 3.16. The number of benzene rings is 1. The van der Waals surface area contributed by atoms with Gasteiger partial charge in [-0.3, -0.25) is 0 Å². The lowest BCUT2D eigenvalue weighted by Crippen LogP contribution is -2.39. The van der Waals surface area contributed by atoms with Crippen LogP contribution in [0.4, 0.5) is 4.79 Å². The molecule has 0 saturated carbocycles. The first-order chi connectivity index (χ1) is 10.5. The van der Waals surface area contributed by atoms with Gasteiger partial charge in [0.2, 0.25) is 0 Å². The van der Waals surface area contributed by atoms with Crippen LogP contribution in [0, 0.1) is 5.41 Å². The van der Waals surface area contributed by atoms with Gasteiger partial charge in [0.1, 0.15) is 0 Å². The Hall–Kier alpha value is -1.55. The maximum atomic E-state index is 12.0. The van der Waals surface area contributed by atoms with Crippen LogP contribution in [0.25, 0.3) is 0 Å². The minimum absolute atomic E-state index is 0.0690. The van der Waals surface area contributed by atoms with Gasteiger partial charge in [-0.15, -0.1) is 0 Å². The van der Waals surface area contributed by atoms with E-state index in [1.54, 1.807) is 0 Å². The number of carbonyl (C=O) groups is 1. The lowest BCUT2D eigenvalue weighted by atomic mass is 9.88. The molecule has 0 spiro atoms. The van der Waals surface area contributed by atoms with Crippen molar-refractivity contribution >= 4 is 6.03 Å². The highest BCUT2D eigenvalue weighted by Gasteiger charge is 2.21. The number of hydrogen-bond donors (Lipinski definition) is 3. The third kappa shape index (κ3) is 4.73. The predicted molar refractivity (Wildman–Crippen MR) is 88.8 cm³/mol. The quantitative estimate of drug-likeness (QED) is 0.707. The molecule has 22 heavy (non-hydrogen) atoms. The van der Waals surface area contributed by atoms with Crippen LogP contribution in [-0.2, 0) is 6.42 Å². The molecule has 0 heterocycles. The molecule has 0 aromatic heterocycles. The fraction of sp³-hybridized carbons (Fsp3) is 0.611. The van der Waals surface area contributed by atoms with Crippen molar-refractivity contribution < 1.29 is 9.90 Å².